The van der Waals surface area contributed by atoms with E-state index in [2.05, 4.69) is 142 Å². The molecule has 0 radical (unpaired) electrons. The van der Waals surface area contributed by atoms with Gasteiger partial charge < -0.3 is 37.0 Å². The number of Topliss-reactive ketones (excluding diaryl/α,β-unsaturated/α-hetero) is 1. The van der Waals surface area contributed by atoms with Crippen LogP contribution in [-0.2, 0) is 46.6 Å². The van der Waals surface area contributed by atoms with Crippen molar-refractivity contribution in [1.29, 1.82) is 0 Å². The van der Waals surface area contributed by atoms with Crippen molar-refractivity contribution in [3.05, 3.63) is 36.5 Å². The topological polar surface area (TPSA) is 108 Å². The van der Waals surface area contributed by atoms with Gasteiger partial charge in [-0.2, -0.15) is 0 Å². The summed E-state index contributed by atoms with van der Waals surface area (Å²) in [4.78, 5) is 28.9. The van der Waals surface area contributed by atoms with Crippen LogP contribution in [0.3, 0.4) is 0 Å². The fraction of sp³-hybridized carbons (Fsp3) is 0.867. The highest BCUT2D eigenvalue weighted by molar-refractivity contribution is 6.75. The summed E-state index contributed by atoms with van der Waals surface area (Å²) in [7, 11) is -7.52. The third kappa shape index (κ3) is 14.8. The number of ether oxygens (including phenoxy) is 5. The maximum absolute atomic E-state index is 14.8. The summed E-state index contributed by atoms with van der Waals surface area (Å²) < 4.78 is 58.3. The van der Waals surface area contributed by atoms with E-state index in [0.29, 0.717) is 56.8 Å². The van der Waals surface area contributed by atoms with E-state index in [1.807, 2.05) is 6.08 Å². The fourth-order valence-corrected chi connectivity index (χ4v) is 15.3. The number of fused-ring (bicyclic) bond motifs is 2. The SMILES string of the molecule is C=C1C2C[C@@H]3O[C@H](C[C@H](C)CC)[C@H](C)C3CC(=O)C[C@H]3CC[C@@H]4O[C@H]([C@@H](O[Si](C)(C)C(C)(C)C)[C@@H](O[Si](C)(C)C(C)(C)C)[C@H]4O3)[C@@H](O[Si](C)(C)C(C)(C)C)/C=C/C(=O)CCC3CC(=C)[C@H](CCC(C[C@H]1C)O2)O3. The predicted molar refractivity (Wildman–Crippen MR) is 304 cm³/mol. The van der Waals surface area contributed by atoms with Crippen LogP contribution in [0, 0.1) is 23.7 Å². The maximum atomic E-state index is 14.8. The number of carbonyl (C=O) groups is 2. The molecule has 0 spiro atoms. The van der Waals surface area contributed by atoms with Gasteiger partial charge in [-0.05, 0) is 147 Å². The first kappa shape index (κ1) is 61.1. The Balaban J connectivity index is 1.42. The molecule has 0 aliphatic carbocycles. The zero-order valence-electron chi connectivity index (χ0n) is 49.7. The van der Waals surface area contributed by atoms with Gasteiger partial charge >= 0.3 is 0 Å². The maximum Gasteiger partial charge on any atom is 0.193 e. The van der Waals surface area contributed by atoms with Gasteiger partial charge in [-0.25, -0.2) is 0 Å². The largest absolute Gasteiger partial charge is 0.408 e. The van der Waals surface area contributed by atoms with E-state index in [4.69, 9.17) is 37.0 Å². The first-order chi connectivity index (χ1) is 33.6. The van der Waals surface area contributed by atoms with Gasteiger partial charge in [0.2, 0.25) is 0 Å². The number of carbonyl (C=O) groups excluding carboxylic acids is 2. The molecular weight excluding hydrogens is 965 g/mol. The highest BCUT2D eigenvalue weighted by Crippen LogP contribution is 2.49. The second-order valence-electron chi connectivity index (χ2n) is 28.6. The van der Waals surface area contributed by atoms with E-state index in [0.717, 1.165) is 49.7 Å². The van der Waals surface area contributed by atoms with E-state index in [9.17, 15) is 9.59 Å². The monoisotopic (exact) mass is 1070 g/mol. The summed E-state index contributed by atoms with van der Waals surface area (Å²) in [6, 6.07) is 0. The second kappa shape index (κ2) is 23.7. The molecule has 5 saturated heterocycles. The lowest BCUT2D eigenvalue weighted by Gasteiger charge is -2.56. The molecule has 17 atom stereocenters. The van der Waals surface area contributed by atoms with Crippen LogP contribution in [-0.4, -0.2) is 116 Å². The third-order valence-electron chi connectivity index (χ3n) is 19.9. The minimum absolute atomic E-state index is 0.0333. The molecule has 0 saturated carbocycles. The molecule has 0 N–H and O–H groups in total. The molecule has 13 heteroatoms. The Morgan fingerprint density at radius 3 is 1.81 bits per heavy atom. The van der Waals surface area contributed by atoms with Gasteiger partial charge in [0.15, 0.2) is 30.7 Å². The van der Waals surface area contributed by atoms with Crippen LogP contribution in [0.2, 0.25) is 54.4 Å². The Bertz CT molecular complexity index is 1940. The highest BCUT2D eigenvalue weighted by Gasteiger charge is 2.58. The minimum Gasteiger partial charge on any atom is -0.408 e. The average Bonchev–Trinajstić information content (AvgIpc) is 3.77. The van der Waals surface area contributed by atoms with Gasteiger partial charge in [0.1, 0.15) is 30.2 Å². The number of ketones is 2. The van der Waals surface area contributed by atoms with Gasteiger partial charge in [0.25, 0.3) is 0 Å². The Morgan fingerprint density at radius 2 is 1.21 bits per heavy atom. The molecule has 8 aliphatic heterocycles. The lowest BCUT2D eigenvalue weighted by molar-refractivity contribution is -0.266. The summed E-state index contributed by atoms with van der Waals surface area (Å²) in [5.74, 6) is 1.36. The zero-order valence-corrected chi connectivity index (χ0v) is 52.7. The lowest BCUT2D eigenvalue weighted by atomic mass is 9.78. The van der Waals surface area contributed by atoms with Crippen LogP contribution < -0.4 is 0 Å². The molecule has 0 amide bonds. The van der Waals surface area contributed by atoms with Crippen LogP contribution in [0.15, 0.2) is 36.5 Å². The summed E-state index contributed by atoms with van der Waals surface area (Å²) in [5, 5.41) is -0.363. The van der Waals surface area contributed by atoms with Gasteiger partial charge in [-0.3, -0.25) is 9.59 Å². The van der Waals surface area contributed by atoms with E-state index < -0.39 is 55.5 Å². The molecule has 73 heavy (non-hydrogen) atoms. The normalized spacial score (nSPS) is 38.2. The molecule has 8 aliphatic rings. The second-order valence-corrected chi connectivity index (χ2v) is 42.9. The quantitative estimate of drug-likeness (QED) is 0.164. The first-order valence-corrected chi connectivity index (χ1v) is 37.7. The van der Waals surface area contributed by atoms with Crippen molar-refractivity contribution < 1.29 is 46.6 Å². The number of hydrogen-bond acceptors (Lipinski definition) is 10. The Morgan fingerprint density at radius 1 is 0.644 bits per heavy atom. The van der Waals surface area contributed by atoms with Crippen molar-refractivity contribution in [1.82, 2.24) is 0 Å². The zero-order chi connectivity index (χ0) is 54.4. The molecule has 418 valence electrons. The van der Waals surface area contributed by atoms with E-state index in [-0.39, 0.29) is 87.3 Å². The van der Waals surface area contributed by atoms with Crippen LogP contribution in [0.4, 0.5) is 0 Å². The van der Waals surface area contributed by atoms with Crippen LogP contribution >= 0.6 is 0 Å². The molecule has 0 aromatic rings. The fourth-order valence-electron chi connectivity index (χ4n) is 11.5. The van der Waals surface area contributed by atoms with Crippen molar-refractivity contribution in [3.8, 4) is 0 Å². The van der Waals surface area contributed by atoms with Crippen molar-refractivity contribution >= 4 is 36.5 Å². The van der Waals surface area contributed by atoms with E-state index >= 15 is 0 Å². The summed E-state index contributed by atoms with van der Waals surface area (Å²) in [6.45, 7) is 52.4. The third-order valence-corrected chi connectivity index (χ3v) is 33.3. The molecule has 8 rings (SSSR count). The number of hydrogen-bond donors (Lipinski definition) is 0. The van der Waals surface area contributed by atoms with Crippen LogP contribution in [0.1, 0.15) is 173 Å². The first-order valence-electron chi connectivity index (χ1n) is 29.0. The minimum atomic E-state index is -2.54. The summed E-state index contributed by atoms with van der Waals surface area (Å²) in [6.07, 6.45) is 9.33. The van der Waals surface area contributed by atoms with Crippen molar-refractivity contribution in [2.75, 3.05) is 0 Å². The van der Waals surface area contributed by atoms with Crippen molar-refractivity contribution in [2.45, 2.75) is 307 Å². The lowest BCUT2D eigenvalue weighted by Crippen LogP contribution is -2.69. The number of allylic oxidation sites excluding steroid dienone is 1. The molecule has 8 bridgehead atoms. The predicted octanol–water partition coefficient (Wildman–Crippen LogP) is 14.4. The standard InChI is InChI=1S/C60H106O10Si3/c1-22-37(2)31-51-41(6)47-35-43(62)34-46-27-30-49-54(65-46)56(69-72(18,19)59(10,11)12)57(70-73(20,21)60(13,14)15)55(67-49)50(68-71(16,17)58(7,8)9)28-24-42(61)23-25-44-33-39(4)48(63-44)29-26-45-32-38(3)40(5)52(64-45)36-53(47)66-51/h24,28,37-38,41,44-57H,4-5,22-23,25-27,29-36H2,1-3,6-21H3/b28-24+/t37-,38-,41-,44?,45?,46-,47?,48+,49+,50+,51-,52?,53+,54+,55+,56+,57-/m1/s1. The smallest absolute Gasteiger partial charge is 0.193 e. The molecule has 5 fully saturated rings. The van der Waals surface area contributed by atoms with Crippen molar-refractivity contribution in [2.24, 2.45) is 23.7 Å². The van der Waals surface area contributed by atoms with Gasteiger partial charge in [-0.15, -0.1) is 0 Å². The Kier molecular flexibility index (Phi) is 19.8. The van der Waals surface area contributed by atoms with Gasteiger partial charge in [-0.1, -0.05) is 116 Å². The Hall–Kier alpha value is -1.11. The molecule has 0 aromatic heterocycles. The van der Waals surface area contributed by atoms with Crippen molar-refractivity contribution in [3.63, 3.8) is 0 Å². The summed E-state index contributed by atoms with van der Waals surface area (Å²) >= 11 is 0. The molecule has 10 nitrogen and oxygen atoms in total. The average molecular weight is 1070 g/mol. The molecular formula is C60H106O10Si3. The number of rotatable bonds is 9. The van der Waals surface area contributed by atoms with Crippen LogP contribution in [0.5, 0.6) is 0 Å². The summed E-state index contributed by atoms with van der Waals surface area (Å²) in [5.41, 5.74) is 2.22. The molecule has 8 heterocycles. The molecule has 4 unspecified atom stereocenters. The van der Waals surface area contributed by atoms with Crippen LogP contribution in [0.25, 0.3) is 0 Å². The van der Waals surface area contributed by atoms with E-state index in [1.54, 1.807) is 6.08 Å². The Labute approximate surface area is 448 Å². The highest BCUT2D eigenvalue weighted by atomic mass is 28.4. The van der Waals surface area contributed by atoms with Gasteiger partial charge in [0.05, 0.1) is 54.9 Å². The molecule has 0 aromatic carbocycles. The van der Waals surface area contributed by atoms with E-state index in [1.165, 1.54) is 0 Å². The van der Waals surface area contributed by atoms with Gasteiger partial charge in [0, 0.05) is 25.7 Å².